The highest BCUT2D eigenvalue weighted by atomic mass is 32.2. The molecule has 0 atom stereocenters. The minimum absolute atomic E-state index is 0.0302. The highest BCUT2D eigenvalue weighted by Gasteiger charge is 2.17. The first-order valence-electron chi connectivity index (χ1n) is 12.3. The lowest BCUT2D eigenvalue weighted by molar-refractivity contribution is -0.121. The van der Waals surface area contributed by atoms with Crippen molar-refractivity contribution in [3.63, 3.8) is 0 Å². The average Bonchev–Trinajstić information content (AvgIpc) is 3.43. The summed E-state index contributed by atoms with van der Waals surface area (Å²) in [5, 5.41) is 7.84. The summed E-state index contributed by atoms with van der Waals surface area (Å²) in [7, 11) is 1.27. The summed E-state index contributed by atoms with van der Waals surface area (Å²) in [5.41, 5.74) is 2.11. The minimum Gasteiger partial charge on any atom is -0.465 e. The predicted molar refractivity (Wildman–Crippen MR) is 153 cm³/mol. The number of anilines is 1. The van der Waals surface area contributed by atoms with E-state index in [0.717, 1.165) is 23.7 Å². The van der Waals surface area contributed by atoms with Crippen molar-refractivity contribution >= 4 is 56.8 Å². The number of fused-ring (bicyclic) bond motifs is 1. The van der Waals surface area contributed by atoms with Crippen LogP contribution in [0, 0.1) is 0 Å². The van der Waals surface area contributed by atoms with Crippen molar-refractivity contribution in [1.82, 2.24) is 14.9 Å². The van der Waals surface area contributed by atoms with E-state index in [2.05, 4.69) is 15.6 Å². The van der Waals surface area contributed by atoms with E-state index in [0.29, 0.717) is 40.6 Å². The summed E-state index contributed by atoms with van der Waals surface area (Å²) in [6.07, 6.45) is 1.46. The van der Waals surface area contributed by atoms with Gasteiger partial charge >= 0.3 is 5.97 Å². The van der Waals surface area contributed by atoms with Crippen LogP contribution in [0.5, 0.6) is 0 Å². The summed E-state index contributed by atoms with van der Waals surface area (Å²) in [4.78, 5) is 54.8. The highest BCUT2D eigenvalue weighted by molar-refractivity contribution is 7.99. The SMILES string of the molecule is COC(=O)c1ccccc1NC(=O)CSc1nc2ccsc2c(=O)n1CCCC(=O)NCCc1ccccc1. The number of thioether (sulfide) groups is 1. The van der Waals surface area contributed by atoms with E-state index in [1.807, 2.05) is 30.3 Å². The van der Waals surface area contributed by atoms with Crippen molar-refractivity contribution in [2.24, 2.45) is 0 Å². The average molecular weight is 565 g/mol. The van der Waals surface area contributed by atoms with Gasteiger partial charge in [-0.1, -0.05) is 54.2 Å². The number of nitrogens with zero attached hydrogens (tertiary/aromatic N) is 2. The molecule has 2 amide bonds. The Kier molecular flexibility index (Phi) is 9.87. The first-order valence-corrected chi connectivity index (χ1v) is 14.2. The quantitative estimate of drug-likeness (QED) is 0.151. The molecule has 2 heterocycles. The zero-order valence-corrected chi connectivity index (χ0v) is 23.0. The van der Waals surface area contributed by atoms with Gasteiger partial charge in [0.25, 0.3) is 5.56 Å². The molecule has 9 nitrogen and oxygen atoms in total. The van der Waals surface area contributed by atoms with Crippen LogP contribution in [0.2, 0.25) is 0 Å². The summed E-state index contributed by atoms with van der Waals surface area (Å²) in [6, 6.07) is 18.3. The molecule has 39 heavy (non-hydrogen) atoms. The van der Waals surface area contributed by atoms with Gasteiger partial charge < -0.3 is 15.4 Å². The number of rotatable bonds is 12. The molecule has 202 valence electrons. The van der Waals surface area contributed by atoms with Gasteiger partial charge in [-0.3, -0.25) is 19.0 Å². The van der Waals surface area contributed by atoms with Crippen molar-refractivity contribution in [3.05, 3.63) is 87.5 Å². The van der Waals surface area contributed by atoms with Gasteiger partial charge in [-0.15, -0.1) is 11.3 Å². The normalized spacial score (nSPS) is 10.8. The van der Waals surface area contributed by atoms with Crippen molar-refractivity contribution in [2.45, 2.75) is 31.0 Å². The Morgan fingerprint density at radius 2 is 1.79 bits per heavy atom. The molecule has 0 aliphatic carbocycles. The Hall–Kier alpha value is -3.96. The lowest BCUT2D eigenvalue weighted by atomic mass is 10.1. The summed E-state index contributed by atoms with van der Waals surface area (Å²) in [5.74, 6) is -1.03. The monoisotopic (exact) mass is 564 g/mol. The maximum Gasteiger partial charge on any atom is 0.339 e. The van der Waals surface area contributed by atoms with E-state index in [4.69, 9.17) is 4.74 Å². The predicted octanol–water partition coefficient (Wildman–Crippen LogP) is 4.11. The fraction of sp³-hybridized carbons (Fsp3) is 0.250. The molecule has 4 rings (SSSR count). The molecule has 2 aromatic heterocycles. The summed E-state index contributed by atoms with van der Waals surface area (Å²) in [6.45, 7) is 0.835. The maximum absolute atomic E-state index is 13.2. The van der Waals surface area contributed by atoms with Crippen LogP contribution in [0.1, 0.15) is 28.8 Å². The van der Waals surface area contributed by atoms with E-state index in [1.165, 1.54) is 23.0 Å². The van der Waals surface area contributed by atoms with Crippen LogP contribution in [0.15, 0.2) is 76.0 Å². The van der Waals surface area contributed by atoms with Gasteiger partial charge in [-0.05, 0) is 42.0 Å². The van der Waals surface area contributed by atoms with Gasteiger partial charge in [-0.2, -0.15) is 0 Å². The Bertz CT molecular complexity index is 1520. The molecule has 0 unspecified atom stereocenters. The Balaban J connectivity index is 1.37. The lowest BCUT2D eigenvalue weighted by Gasteiger charge is -2.13. The highest BCUT2D eigenvalue weighted by Crippen LogP contribution is 2.22. The van der Waals surface area contributed by atoms with Gasteiger partial charge in [0.1, 0.15) is 4.70 Å². The van der Waals surface area contributed by atoms with E-state index < -0.39 is 5.97 Å². The second kappa shape index (κ2) is 13.7. The minimum atomic E-state index is -0.555. The number of aromatic nitrogens is 2. The molecule has 0 spiro atoms. The Morgan fingerprint density at radius 3 is 2.59 bits per heavy atom. The first-order chi connectivity index (χ1) is 19.0. The molecule has 0 aliphatic rings. The fourth-order valence-corrected chi connectivity index (χ4v) is 5.51. The zero-order valence-electron chi connectivity index (χ0n) is 21.3. The molecule has 4 aromatic rings. The van der Waals surface area contributed by atoms with Crippen molar-refractivity contribution < 1.29 is 19.1 Å². The van der Waals surface area contributed by atoms with Crippen molar-refractivity contribution in [1.29, 1.82) is 0 Å². The fourth-order valence-electron chi connectivity index (χ4n) is 3.90. The number of benzene rings is 2. The van der Waals surface area contributed by atoms with Crippen LogP contribution in [-0.2, 0) is 27.3 Å². The molecule has 0 bridgehead atoms. The van der Waals surface area contributed by atoms with Crippen molar-refractivity contribution in [2.75, 3.05) is 24.7 Å². The van der Waals surface area contributed by atoms with Crippen LogP contribution in [0.4, 0.5) is 5.69 Å². The second-order valence-electron chi connectivity index (χ2n) is 8.55. The second-order valence-corrected chi connectivity index (χ2v) is 10.4. The number of carbonyl (C=O) groups is 3. The number of hydrogen-bond donors (Lipinski definition) is 2. The number of amides is 2. The third kappa shape index (κ3) is 7.55. The molecule has 2 aromatic carbocycles. The van der Waals surface area contributed by atoms with Gasteiger partial charge in [0.15, 0.2) is 5.16 Å². The van der Waals surface area contributed by atoms with Crippen molar-refractivity contribution in [3.8, 4) is 0 Å². The smallest absolute Gasteiger partial charge is 0.339 e. The molecule has 0 fully saturated rings. The number of hydrogen-bond acceptors (Lipinski definition) is 8. The molecule has 11 heteroatoms. The molecule has 0 radical (unpaired) electrons. The Morgan fingerprint density at radius 1 is 1.03 bits per heavy atom. The standard InChI is InChI=1S/C28H28N4O5S2/c1-37-27(36)20-10-5-6-11-21(20)30-24(34)18-39-28-31-22-14-17-38-25(22)26(35)32(28)16-7-12-23(33)29-15-13-19-8-3-2-4-9-19/h2-6,8-11,14,17H,7,12-13,15-16,18H2,1H3,(H,29,33)(H,30,34). The number of methoxy groups -OCH3 is 1. The number of carbonyl (C=O) groups excluding carboxylic acids is 3. The number of esters is 1. The van der Waals surface area contributed by atoms with E-state index in [1.54, 1.807) is 35.7 Å². The third-order valence-corrected chi connectivity index (χ3v) is 7.70. The van der Waals surface area contributed by atoms with Gasteiger partial charge in [0.2, 0.25) is 11.8 Å². The van der Waals surface area contributed by atoms with E-state index >= 15 is 0 Å². The van der Waals surface area contributed by atoms with E-state index in [-0.39, 0.29) is 35.1 Å². The molecule has 0 saturated heterocycles. The van der Waals surface area contributed by atoms with E-state index in [9.17, 15) is 19.2 Å². The first kappa shape index (κ1) is 28.1. The summed E-state index contributed by atoms with van der Waals surface area (Å²) >= 11 is 2.44. The zero-order chi connectivity index (χ0) is 27.6. The number of thiophene rings is 1. The molecule has 0 saturated carbocycles. The van der Waals surface area contributed by atoms with Crippen LogP contribution < -0.4 is 16.2 Å². The van der Waals surface area contributed by atoms with Gasteiger partial charge in [-0.25, -0.2) is 9.78 Å². The van der Waals surface area contributed by atoms with Crippen LogP contribution in [-0.4, -0.2) is 46.7 Å². The van der Waals surface area contributed by atoms with Gasteiger partial charge in [0.05, 0.1) is 29.6 Å². The number of para-hydroxylation sites is 1. The molecule has 0 aliphatic heterocycles. The molecular weight excluding hydrogens is 536 g/mol. The van der Waals surface area contributed by atoms with Crippen LogP contribution >= 0.6 is 23.1 Å². The largest absolute Gasteiger partial charge is 0.465 e. The maximum atomic E-state index is 13.2. The topological polar surface area (TPSA) is 119 Å². The van der Waals surface area contributed by atoms with Crippen LogP contribution in [0.3, 0.4) is 0 Å². The van der Waals surface area contributed by atoms with Crippen LogP contribution in [0.25, 0.3) is 10.2 Å². The third-order valence-electron chi connectivity index (χ3n) is 5.83. The number of ether oxygens (including phenoxy) is 1. The number of nitrogens with one attached hydrogen (secondary N) is 2. The van der Waals surface area contributed by atoms with Gasteiger partial charge in [0, 0.05) is 19.5 Å². The molecule has 2 N–H and O–H groups in total. The summed E-state index contributed by atoms with van der Waals surface area (Å²) < 4.78 is 6.83. The lowest BCUT2D eigenvalue weighted by Crippen LogP contribution is -2.27. The Labute approximate surface area is 233 Å². The molecular formula is C28H28N4O5S2.